The van der Waals surface area contributed by atoms with Crippen LogP contribution in [-0.2, 0) is 12.0 Å². The Balaban J connectivity index is 3.04. The fraction of sp³-hybridized carbons (Fsp3) is 0.647. The van der Waals surface area contributed by atoms with Crippen LogP contribution in [-0.4, -0.2) is 24.6 Å². The first-order valence-electron chi connectivity index (χ1n) is 6.94. The molecule has 0 bridgehead atoms. The molecule has 2 nitrogen and oxygen atoms in total. The van der Waals surface area contributed by atoms with Crippen molar-refractivity contribution in [3.63, 3.8) is 0 Å². The Morgan fingerprint density at radius 3 is 2.05 bits per heavy atom. The summed E-state index contributed by atoms with van der Waals surface area (Å²) in [7, 11) is 3.90. The quantitative estimate of drug-likeness (QED) is 0.809. The second kappa shape index (κ2) is 5.54. The molecule has 1 rings (SSSR count). The van der Waals surface area contributed by atoms with E-state index in [0.717, 1.165) is 12.3 Å². The van der Waals surface area contributed by atoms with Crippen molar-refractivity contribution < 1.29 is 4.74 Å². The van der Waals surface area contributed by atoms with Gasteiger partial charge in [0.15, 0.2) is 0 Å². The van der Waals surface area contributed by atoms with E-state index in [-0.39, 0.29) is 11.0 Å². The van der Waals surface area contributed by atoms with E-state index in [4.69, 9.17) is 4.74 Å². The van der Waals surface area contributed by atoms with Crippen molar-refractivity contribution in [2.24, 2.45) is 0 Å². The predicted molar refractivity (Wildman–Crippen MR) is 82.9 cm³/mol. The highest BCUT2D eigenvalue weighted by Crippen LogP contribution is 2.30. The molecule has 0 aliphatic rings. The molecule has 0 saturated carbocycles. The van der Waals surface area contributed by atoms with Crippen LogP contribution in [0.25, 0.3) is 0 Å². The van der Waals surface area contributed by atoms with Crippen LogP contribution in [0.2, 0.25) is 0 Å². The number of benzene rings is 1. The van der Waals surface area contributed by atoms with E-state index in [1.807, 2.05) is 0 Å². The van der Waals surface area contributed by atoms with Gasteiger partial charge in [-0.3, -0.25) is 4.90 Å². The van der Waals surface area contributed by atoms with Gasteiger partial charge in [-0.25, -0.2) is 0 Å². The van der Waals surface area contributed by atoms with Gasteiger partial charge in [0.05, 0.1) is 7.11 Å². The van der Waals surface area contributed by atoms with E-state index in [2.05, 4.69) is 71.7 Å². The molecule has 1 aromatic carbocycles. The van der Waals surface area contributed by atoms with E-state index in [0.29, 0.717) is 0 Å². The molecule has 0 atom stereocenters. The Hall–Kier alpha value is -1.02. The molecule has 0 heterocycles. The lowest BCUT2D eigenvalue weighted by atomic mass is 9.86. The first-order chi connectivity index (χ1) is 8.55. The lowest BCUT2D eigenvalue weighted by Crippen LogP contribution is -2.37. The van der Waals surface area contributed by atoms with Crippen molar-refractivity contribution in [2.75, 3.05) is 14.2 Å². The van der Waals surface area contributed by atoms with Gasteiger partial charge in [-0.15, -0.1) is 0 Å². The summed E-state index contributed by atoms with van der Waals surface area (Å²) in [6, 6.07) is 6.59. The van der Waals surface area contributed by atoms with Crippen molar-refractivity contribution in [3.8, 4) is 5.75 Å². The Morgan fingerprint density at radius 2 is 1.63 bits per heavy atom. The van der Waals surface area contributed by atoms with Gasteiger partial charge in [0, 0.05) is 17.6 Å². The summed E-state index contributed by atoms with van der Waals surface area (Å²) in [6.45, 7) is 14.3. The molecule has 0 spiro atoms. The summed E-state index contributed by atoms with van der Waals surface area (Å²) in [6.07, 6.45) is 0. The molecule has 1 aromatic rings. The van der Waals surface area contributed by atoms with Crippen molar-refractivity contribution in [1.82, 2.24) is 4.90 Å². The third-order valence-electron chi connectivity index (χ3n) is 3.71. The van der Waals surface area contributed by atoms with Crippen LogP contribution in [0.3, 0.4) is 0 Å². The van der Waals surface area contributed by atoms with Crippen molar-refractivity contribution >= 4 is 0 Å². The van der Waals surface area contributed by atoms with Gasteiger partial charge in [0.25, 0.3) is 0 Å². The van der Waals surface area contributed by atoms with E-state index in [1.165, 1.54) is 11.1 Å². The van der Waals surface area contributed by atoms with E-state index in [1.54, 1.807) is 7.11 Å². The highest BCUT2D eigenvalue weighted by molar-refractivity contribution is 5.40. The van der Waals surface area contributed by atoms with Gasteiger partial charge in [-0.05, 0) is 44.9 Å². The summed E-state index contributed by atoms with van der Waals surface area (Å²) < 4.78 is 5.57. The molecule has 19 heavy (non-hydrogen) atoms. The van der Waals surface area contributed by atoms with Crippen molar-refractivity contribution in [1.29, 1.82) is 0 Å². The lowest BCUT2D eigenvalue weighted by molar-refractivity contribution is 0.165. The molecule has 0 N–H and O–H groups in total. The molecular formula is C17H29NO. The molecule has 0 fully saturated rings. The zero-order valence-electron chi connectivity index (χ0n) is 13.8. The first-order valence-corrected chi connectivity index (χ1v) is 6.94. The monoisotopic (exact) mass is 263 g/mol. The Labute approximate surface area is 118 Å². The number of hydrogen-bond acceptors (Lipinski definition) is 2. The molecule has 0 aromatic heterocycles. The summed E-state index contributed by atoms with van der Waals surface area (Å²) in [4.78, 5) is 2.33. The summed E-state index contributed by atoms with van der Waals surface area (Å²) in [5, 5.41) is 0. The summed E-state index contributed by atoms with van der Waals surface area (Å²) in [5.74, 6) is 0.989. The highest BCUT2D eigenvalue weighted by atomic mass is 16.5. The molecule has 0 aliphatic heterocycles. The maximum absolute atomic E-state index is 5.57. The summed E-state index contributed by atoms with van der Waals surface area (Å²) >= 11 is 0. The molecule has 0 unspecified atom stereocenters. The van der Waals surface area contributed by atoms with Gasteiger partial charge in [-0.2, -0.15) is 0 Å². The van der Waals surface area contributed by atoms with Gasteiger partial charge >= 0.3 is 0 Å². The molecule has 2 heteroatoms. The fourth-order valence-electron chi connectivity index (χ4n) is 1.83. The van der Waals surface area contributed by atoms with Crippen LogP contribution in [0.4, 0.5) is 0 Å². The number of methoxy groups -OCH3 is 1. The maximum atomic E-state index is 5.57. The second-order valence-corrected chi connectivity index (χ2v) is 7.30. The molecule has 0 amide bonds. The van der Waals surface area contributed by atoms with Crippen molar-refractivity contribution in [3.05, 3.63) is 29.3 Å². The second-order valence-electron chi connectivity index (χ2n) is 7.30. The van der Waals surface area contributed by atoms with Crippen LogP contribution in [0.15, 0.2) is 18.2 Å². The zero-order chi connectivity index (χ0) is 14.8. The SMILES string of the molecule is COc1cc(C(C)(C)C)ccc1CN(C)C(C)(C)C. The number of rotatable bonds is 3. The Morgan fingerprint density at radius 1 is 1.05 bits per heavy atom. The largest absolute Gasteiger partial charge is 0.496 e. The van der Waals surface area contributed by atoms with E-state index < -0.39 is 0 Å². The third-order valence-corrected chi connectivity index (χ3v) is 3.71. The molecule has 0 saturated heterocycles. The van der Waals surface area contributed by atoms with E-state index >= 15 is 0 Å². The first kappa shape index (κ1) is 16.0. The van der Waals surface area contributed by atoms with Gasteiger partial charge < -0.3 is 4.74 Å². The number of hydrogen-bond donors (Lipinski definition) is 0. The van der Waals surface area contributed by atoms with Gasteiger partial charge in [0.1, 0.15) is 5.75 Å². The van der Waals surface area contributed by atoms with Crippen LogP contribution >= 0.6 is 0 Å². The molecule has 0 radical (unpaired) electrons. The normalized spacial score (nSPS) is 12.9. The number of ether oxygens (including phenoxy) is 1. The summed E-state index contributed by atoms with van der Waals surface area (Å²) in [5.41, 5.74) is 2.87. The van der Waals surface area contributed by atoms with E-state index in [9.17, 15) is 0 Å². The average molecular weight is 263 g/mol. The Kier molecular flexibility index (Phi) is 4.67. The molecular weight excluding hydrogens is 234 g/mol. The minimum atomic E-state index is 0.155. The van der Waals surface area contributed by atoms with Crippen LogP contribution in [0.1, 0.15) is 52.7 Å². The molecule has 0 aliphatic carbocycles. The van der Waals surface area contributed by atoms with Crippen LogP contribution < -0.4 is 4.74 Å². The third kappa shape index (κ3) is 4.24. The zero-order valence-corrected chi connectivity index (χ0v) is 13.8. The Bertz CT molecular complexity index is 424. The average Bonchev–Trinajstić information content (AvgIpc) is 2.26. The number of nitrogens with zero attached hydrogens (tertiary/aromatic N) is 1. The lowest BCUT2D eigenvalue weighted by Gasteiger charge is -2.32. The minimum absolute atomic E-state index is 0.155. The predicted octanol–water partition coefficient (Wildman–Crippen LogP) is 4.22. The maximum Gasteiger partial charge on any atom is 0.123 e. The standard InChI is InChI=1S/C17H29NO/c1-16(2,3)14-10-9-13(15(11-14)19-8)12-18(7)17(4,5)6/h9-11H,12H2,1-8H3. The van der Waals surface area contributed by atoms with Crippen molar-refractivity contribution in [2.45, 2.75) is 59.0 Å². The van der Waals surface area contributed by atoms with Crippen LogP contribution in [0.5, 0.6) is 5.75 Å². The van der Waals surface area contributed by atoms with Gasteiger partial charge in [0.2, 0.25) is 0 Å². The smallest absolute Gasteiger partial charge is 0.123 e. The van der Waals surface area contributed by atoms with Crippen LogP contribution in [0, 0.1) is 0 Å². The topological polar surface area (TPSA) is 12.5 Å². The highest BCUT2D eigenvalue weighted by Gasteiger charge is 2.20. The minimum Gasteiger partial charge on any atom is -0.496 e. The van der Waals surface area contributed by atoms with Gasteiger partial charge in [-0.1, -0.05) is 32.9 Å². The molecule has 108 valence electrons. The fourth-order valence-corrected chi connectivity index (χ4v) is 1.83.